The summed E-state index contributed by atoms with van der Waals surface area (Å²) in [5.41, 5.74) is 0.648. The van der Waals surface area contributed by atoms with Gasteiger partial charge < -0.3 is 14.7 Å². The fourth-order valence-corrected chi connectivity index (χ4v) is 3.47. The third kappa shape index (κ3) is 2.88. The molecule has 1 unspecified atom stereocenters. The van der Waals surface area contributed by atoms with E-state index in [1.54, 1.807) is 0 Å². The summed E-state index contributed by atoms with van der Waals surface area (Å²) in [6.45, 7) is 1.28. The van der Waals surface area contributed by atoms with Gasteiger partial charge in [0, 0.05) is 6.54 Å². The van der Waals surface area contributed by atoms with Gasteiger partial charge in [-0.1, -0.05) is 30.3 Å². The van der Waals surface area contributed by atoms with Crippen LogP contribution in [0.15, 0.2) is 42.2 Å². The summed E-state index contributed by atoms with van der Waals surface area (Å²) in [4.78, 5) is 14.6. The van der Waals surface area contributed by atoms with Crippen molar-refractivity contribution in [2.24, 2.45) is 0 Å². The van der Waals surface area contributed by atoms with Crippen LogP contribution in [0.3, 0.4) is 0 Å². The molecule has 1 amide bonds. The second-order valence-corrected chi connectivity index (χ2v) is 6.16. The minimum atomic E-state index is -0.500. The van der Waals surface area contributed by atoms with Crippen LogP contribution in [0.2, 0.25) is 0 Å². The van der Waals surface area contributed by atoms with E-state index < -0.39 is 5.54 Å². The molecule has 118 valence electrons. The number of allylic oxidation sites excluding steroid dienone is 1. The number of carbonyl (C=O) groups excluding carboxylic acids is 1. The normalized spacial score (nSPS) is 24.8. The van der Waals surface area contributed by atoms with Gasteiger partial charge in [0.05, 0.1) is 18.8 Å². The highest BCUT2D eigenvalue weighted by atomic mass is 16.5. The van der Waals surface area contributed by atoms with Gasteiger partial charge in [0.2, 0.25) is 0 Å². The molecule has 1 aromatic rings. The van der Waals surface area contributed by atoms with Crippen molar-refractivity contribution in [1.29, 1.82) is 0 Å². The maximum Gasteiger partial charge on any atom is 0.289 e. The molecule has 2 aliphatic heterocycles. The minimum Gasteiger partial charge on any atom is -0.488 e. The lowest BCUT2D eigenvalue weighted by atomic mass is 9.88. The number of amides is 1. The van der Waals surface area contributed by atoms with Crippen LogP contribution in [-0.2, 0) is 16.0 Å². The summed E-state index contributed by atoms with van der Waals surface area (Å²) in [7, 11) is 0. The number of hydrogen-bond acceptors (Lipinski definition) is 3. The van der Waals surface area contributed by atoms with Crippen molar-refractivity contribution in [2.45, 2.75) is 37.6 Å². The summed E-state index contributed by atoms with van der Waals surface area (Å²) in [5.74, 6) is 0.390. The van der Waals surface area contributed by atoms with Crippen LogP contribution in [0.1, 0.15) is 31.2 Å². The van der Waals surface area contributed by atoms with Gasteiger partial charge in [-0.2, -0.15) is 0 Å². The van der Waals surface area contributed by atoms with Gasteiger partial charge >= 0.3 is 0 Å². The van der Waals surface area contributed by atoms with E-state index >= 15 is 0 Å². The van der Waals surface area contributed by atoms with E-state index in [1.807, 2.05) is 29.2 Å². The van der Waals surface area contributed by atoms with Crippen LogP contribution < -0.4 is 0 Å². The Hall–Kier alpha value is -1.81. The van der Waals surface area contributed by atoms with Crippen molar-refractivity contribution in [3.05, 3.63) is 47.7 Å². The van der Waals surface area contributed by atoms with Crippen LogP contribution in [0.5, 0.6) is 0 Å². The second-order valence-electron chi connectivity index (χ2n) is 6.16. The largest absolute Gasteiger partial charge is 0.488 e. The predicted molar refractivity (Wildman–Crippen MR) is 84.2 cm³/mol. The molecule has 0 bridgehead atoms. The predicted octanol–water partition coefficient (Wildman–Crippen LogP) is 2.28. The zero-order chi connectivity index (χ0) is 15.4. The average Bonchev–Trinajstić information content (AvgIpc) is 3.00. The molecule has 2 heterocycles. The second kappa shape index (κ2) is 6.53. The van der Waals surface area contributed by atoms with Crippen LogP contribution in [0, 0.1) is 0 Å². The molecule has 4 nitrogen and oxygen atoms in total. The number of aliphatic hydroxyl groups is 1. The maximum atomic E-state index is 12.8. The first-order valence-electron chi connectivity index (χ1n) is 8.05. The highest BCUT2D eigenvalue weighted by Gasteiger charge is 2.44. The molecule has 1 saturated heterocycles. The Labute approximate surface area is 131 Å². The summed E-state index contributed by atoms with van der Waals surface area (Å²) in [6.07, 6.45) is 6.17. The molecule has 22 heavy (non-hydrogen) atoms. The van der Waals surface area contributed by atoms with Crippen molar-refractivity contribution in [2.75, 3.05) is 19.8 Å². The lowest BCUT2D eigenvalue weighted by molar-refractivity contribution is -0.136. The number of hydrogen-bond donors (Lipinski definition) is 1. The number of aliphatic hydroxyl groups excluding tert-OH is 1. The first-order chi connectivity index (χ1) is 10.7. The van der Waals surface area contributed by atoms with Crippen LogP contribution in [-0.4, -0.2) is 41.2 Å². The first-order valence-corrected chi connectivity index (χ1v) is 8.05. The molecule has 1 fully saturated rings. The molecule has 1 N–H and O–H groups in total. The molecule has 0 spiro atoms. The summed E-state index contributed by atoms with van der Waals surface area (Å²) < 4.78 is 5.53. The smallest absolute Gasteiger partial charge is 0.289 e. The van der Waals surface area contributed by atoms with Gasteiger partial charge in [-0.15, -0.1) is 0 Å². The van der Waals surface area contributed by atoms with E-state index in [0.29, 0.717) is 25.3 Å². The van der Waals surface area contributed by atoms with Crippen molar-refractivity contribution >= 4 is 5.91 Å². The van der Waals surface area contributed by atoms with E-state index in [0.717, 1.165) is 31.2 Å². The average molecular weight is 301 g/mol. The Morgan fingerprint density at radius 1 is 1.27 bits per heavy atom. The Kier molecular flexibility index (Phi) is 4.48. The minimum absolute atomic E-state index is 0.0130. The van der Waals surface area contributed by atoms with Gasteiger partial charge in [-0.05, 0) is 43.7 Å². The fourth-order valence-electron chi connectivity index (χ4n) is 3.47. The summed E-state index contributed by atoms with van der Waals surface area (Å²) >= 11 is 0. The van der Waals surface area contributed by atoms with Crippen LogP contribution in [0.4, 0.5) is 0 Å². The van der Waals surface area contributed by atoms with E-state index in [2.05, 4.69) is 12.1 Å². The highest BCUT2D eigenvalue weighted by Crippen LogP contribution is 2.34. The fraction of sp³-hybridized carbons (Fsp3) is 0.500. The molecule has 2 aliphatic rings. The highest BCUT2D eigenvalue weighted by molar-refractivity contribution is 5.92. The Bertz CT molecular complexity index is 555. The SMILES string of the molecule is O=C(C1=CCCCO1)N1CCCC1(CO)Cc1ccccc1. The number of nitrogens with zero attached hydrogens (tertiary/aromatic N) is 1. The zero-order valence-corrected chi connectivity index (χ0v) is 12.8. The third-order valence-corrected chi connectivity index (χ3v) is 4.66. The zero-order valence-electron chi connectivity index (χ0n) is 12.8. The summed E-state index contributed by atoms with van der Waals surface area (Å²) in [5, 5.41) is 10.0. The molecule has 1 atom stereocenters. The maximum absolute atomic E-state index is 12.8. The monoisotopic (exact) mass is 301 g/mol. The molecule has 0 aliphatic carbocycles. The van der Waals surface area contributed by atoms with Crippen molar-refractivity contribution < 1.29 is 14.6 Å². The van der Waals surface area contributed by atoms with Gasteiger partial charge in [0.15, 0.2) is 5.76 Å². The molecular weight excluding hydrogens is 278 g/mol. The van der Waals surface area contributed by atoms with E-state index in [-0.39, 0.29) is 12.5 Å². The summed E-state index contributed by atoms with van der Waals surface area (Å²) in [6, 6.07) is 10.1. The molecule has 0 radical (unpaired) electrons. The molecule has 0 aromatic heterocycles. The van der Waals surface area contributed by atoms with Crippen molar-refractivity contribution in [3.8, 4) is 0 Å². The van der Waals surface area contributed by atoms with Gasteiger partial charge in [-0.25, -0.2) is 0 Å². The van der Waals surface area contributed by atoms with Crippen molar-refractivity contribution in [3.63, 3.8) is 0 Å². The first kappa shape index (κ1) is 15.1. The molecule has 0 saturated carbocycles. The molecular formula is C18H23NO3. The number of likely N-dealkylation sites (tertiary alicyclic amines) is 1. The number of benzene rings is 1. The van der Waals surface area contributed by atoms with E-state index in [9.17, 15) is 9.90 Å². The Morgan fingerprint density at radius 2 is 2.09 bits per heavy atom. The number of ether oxygens (including phenoxy) is 1. The van der Waals surface area contributed by atoms with Crippen LogP contribution >= 0.6 is 0 Å². The Morgan fingerprint density at radius 3 is 2.77 bits per heavy atom. The lowest BCUT2D eigenvalue weighted by Gasteiger charge is -2.38. The number of carbonyl (C=O) groups is 1. The topological polar surface area (TPSA) is 49.8 Å². The molecule has 4 heteroatoms. The number of rotatable bonds is 4. The van der Waals surface area contributed by atoms with E-state index in [4.69, 9.17) is 4.74 Å². The quantitative estimate of drug-likeness (QED) is 0.928. The molecule has 1 aromatic carbocycles. The van der Waals surface area contributed by atoms with Gasteiger partial charge in [-0.3, -0.25) is 4.79 Å². The Balaban J connectivity index is 1.82. The van der Waals surface area contributed by atoms with E-state index in [1.165, 1.54) is 0 Å². The molecule has 3 rings (SSSR count). The van der Waals surface area contributed by atoms with Gasteiger partial charge in [0.25, 0.3) is 5.91 Å². The standard InChI is InChI=1S/C18H23NO3/c20-14-18(13-15-7-2-1-3-8-15)10-6-11-19(18)17(21)16-9-4-5-12-22-16/h1-3,7-9,20H,4-6,10-14H2. The van der Waals surface area contributed by atoms with Crippen LogP contribution in [0.25, 0.3) is 0 Å². The van der Waals surface area contributed by atoms with Gasteiger partial charge in [0.1, 0.15) is 0 Å². The third-order valence-electron chi connectivity index (χ3n) is 4.66. The van der Waals surface area contributed by atoms with Crippen molar-refractivity contribution in [1.82, 2.24) is 4.90 Å². The lowest BCUT2D eigenvalue weighted by Crippen LogP contribution is -2.52.